The van der Waals surface area contributed by atoms with Crippen LogP contribution in [0, 0.1) is 5.92 Å². The smallest absolute Gasteiger partial charge is 0.333 e. The second-order valence-electron chi connectivity index (χ2n) is 11.8. The van der Waals surface area contributed by atoms with Gasteiger partial charge < -0.3 is 14.6 Å². The highest BCUT2D eigenvalue weighted by Crippen LogP contribution is 2.27. The Kier molecular flexibility index (Phi) is 14.1. The van der Waals surface area contributed by atoms with E-state index in [1.165, 1.54) is 47.1 Å². The summed E-state index contributed by atoms with van der Waals surface area (Å²) in [5, 5.41) is 9.93. The lowest BCUT2D eigenvalue weighted by molar-refractivity contribution is -0.144. The fourth-order valence-electron chi connectivity index (χ4n) is 4.56. The van der Waals surface area contributed by atoms with Crippen LogP contribution in [0.25, 0.3) is 11.1 Å². The molecule has 0 saturated heterocycles. The van der Waals surface area contributed by atoms with Crippen LogP contribution in [0.3, 0.4) is 0 Å². The number of carbonyl (C=O) groups excluding carboxylic acids is 2. The molecule has 1 N–H and O–H groups in total. The maximum atomic E-state index is 12.5. The molecule has 0 heterocycles. The van der Waals surface area contributed by atoms with Gasteiger partial charge in [0.15, 0.2) is 0 Å². The predicted octanol–water partition coefficient (Wildman–Crippen LogP) is 7.97. The Labute approximate surface area is 247 Å². The third kappa shape index (κ3) is 12.5. The summed E-state index contributed by atoms with van der Waals surface area (Å²) in [5.41, 5.74) is 6.12. The van der Waals surface area contributed by atoms with Gasteiger partial charge in [0.1, 0.15) is 0 Å². The molecule has 0 aliphatic heterocycles. The van der Waals surface area contributed by atoms with E-state index < -0.39 is 17.5 Å². The van der Waals surface area contributed by atoms with Gasteiger partial charge in [0.2, 0.25) is 0 Å². The van der Waals surface area contributed by atoms with E-state index in [9.17, 15) is 14.7 Å². The summed E-state index contributed by atoms with van der Waals surface area (Å²) in [7, 11) is 0. The normalized spacial score (nSPS) is 12.0. The zero-order valence-corrected chi connectivity index (χ0v) is 25.9. The second kappa shape index (κ2) is 16.9. The molecule has 5 nitrogen and oxygen atoms in total. The first-order chi connectivity index (χ1) is 19.4. The first kappa shape index (κ1) is 34.0. The maximum absolute atomic E-state index is 12.5. The first-order valence-electron chi connectivity index (χ1n) is 15.0. The van der Waals surface area contributed by atoms with Gasteiger partial charge in [0.05, 0.1) is 18.8 Å². The van der Waals surface area contributed by atoms with E-state index in [0.717, 1.165) is 19.3 Å². The number of ether oxygens (including phenoxy) is 2. The molecule has 0 aromatic heterocycles. The van der Waals surface area contributed by atoms with Crippen LogP contribution in [-0.4, -0.2) is 35.9 Å². The van der Waals surface area contributed by atoms with Gasteiger partial charge >= 0.3 is 11.9 Å². The molecule has 0 bridgehead atoms. The third-order valence-electron chi connectivity index (χ3n) is 7.30. The van der Waals surface area contributed by atoms with Crippen molar-refractivity contribution in [1.82, 2.24) is 0 Å². The van der Waals surface area contributed by atoms with Gasteiger partial charge in [-0.05, 0) is 93.5 Å². The first-order valence-corrected chi connectivity index (χ1v) is 15.0. The highest BCUT2D eigenvalue weighted by atomic mass is 16.5. The van der Waals surface area contributed by atoms with E-state index in [-0.39, 0.29) is 19.1 Å². The topological polar surface area (TPSA) is 72.8 Å². The molecule has 0 spiro atoms. The van der Waals surface area contributed by atoms with E-state index in [2.05, 4.69) is 69.5 Å². The monoisotopic (exact) mass is 562 g/mol. The van der Waals surface area contributed by atoms with Crippen molar-refractivity contribution in [3.05, 3.63) is 83.5 Å². The zero-order chi connectivity index (χ0) is 30.4. The minimum atomic E-state index is -0.882. The Morgan fingerprint density at radius 3 is 2.12 bits per heavy atom. The van der Waals surface area contributed by atoms with Gasteiger partial charge in [0, 0.05) is 17.1 Å². The Morgan fingerprint density at radius 1 is 0.902 bits per heavy atom. The van der Waals surface area contributed by atoms with E-state index in [4.69, 9.17) is 9.47 Å². The van der Waals surface area contributed by atoms with Crippen molar-refractivity contribution in [3.8, 4) is 11.1 Å². The number of aryl methyl sites for hydroxylation is 3. The van der Waals surface area contributed by atoms with Gasteiger partial charge in [-0.15, -0.1) is 0 Å². The van der Waals surface area contributed by atoms with Crippen molar-refractivity contribution in [1.29, 1.82) is 0 Å². The summed E-state index contributed by atoms with van der Waals surface area (Å²) in [6.07, 6.45) is 7.99. The Morgan fingerprint density at radius 2 is 1.54 bits per heavy atom. The zero-order valence-electron chi connectivity index (χ0n) is 25.9. The molecule has 1 atom stereocenters. The lowest BCUT2D eigenvalue weighted by Gasteiger charge is -2.19. The van der Waals surface area contributed by atoms with E-state index in [1.54, 1.807) is 20.8 Å². The van der Waals surface area contributed by atoms with Crippen molar-refractivity contribution < 1.29 is 24.2 Å². The molecule has 0 saturated carbocycles. The molecule has 0 amide bonds. The van der Waals surface area contributed by atoms with Crippen molar-refractivity contribution in [2.45, 2.75) is 98.0 Å². The van der Waals surface area contributed by atoms with Crippen LogP contribution < -0.4 is 0 Å². The average Bonchev–Trinajstić information content (AvgIpc) is 2.95. The summed E-state index contributed by atoms with van der Waals surface area (Å²) in [6, 6.07) is 15.6. The van der Waals surface area contributed by atoms with Crippen LogP contribution >= 0.6 is 0 Å². The number of hydrogen-bond donors (Lipinski definition) is 1. The quantitative estimate of drug-likeness (QED) is 0.113. The summed E-state index contributed by atoms with van der Waals surface area (Å²) in [5.74, 6) is -1.11. The molecule has 2 rings (SSSR count). The molecule has 0 aliphatic carbocycles. The van der Waals surface area contributed by atoms with Gasteiger partial charge in [-0.3, -0.25) is 0 Å². The van der Waals surface area contributed by atoms with Crippen molar-refractivity contribution in [2.75, 3.05) is 13.2 Å². The molecule has 1 unspecified atom stereocenters. The fraction of sp³-hybridized carbons (Fsp3) is 0.500. The second-order valence-corrected chi connectivity index (χ2v) is 11.8. The molecular formula is C36H50O5. The van der Waals surface area contributed by atoms with Crippen LogP contribution in [0.5, 0.6) is 0 Å². The minimum Gasteiger partial charge on any atom is -0.462 e. The fourth-order valence-corrected chi connectivity index (χ4v) is 4.56. The Hall–Kier alpha value is -3.18. The molecule has 2 aromatic rings. The lowest BCUT2D eigenvalue weighted by atomic mass is 9.92. The van der Waals surface area contributed by atoms with Crippen LogP contribution in [0.4, 0.5) is 0 Å². The van der Waals surface area contributed by atoms with Crippen LogP contribution in [0.15, 0.2) is 66.8 Å². The number of unbranched alkanes of at least 4 members (excludes halogenated alkanes) is 2. The van der Waals surface area contributed by atoms with Gasteiger partial charge in [-0.2, -0.15) is 0 Å². The van der Waals surface area contributed by atoms with Gasteiger partial charge in [-0.1, -0.05) is 82.3 Å². The molecule has 5 heteroatoms. The number of rotatable bonds is 18. The van der Waals surface area contributed by atoms with Crippen molar-refractivity contribution >= 4 is 11.9 Å². The van der Waals surface area contributed by atoms with Crippen LogP contribution in [-0.2, 0) is 38.3 Å². The number of carbonyl (C=O) groups is 2. The molecule has 41 heavy (non-hydrogen) atoms. The van der Waals surface area contributed by atoms with Crippen LogP contribution in [0.2, 0.25) is 0 Å². The predicted molar refractivity (Wildman–Crippen MR) is 168 cm³/mol. The third-order valence-corrected chi connectivity index (χ3v) is 7.30. The summed E-state index contributed by atoms with van der Waals surface area (Å²) in [6.45, 7) is 17.1. The number of esters is 2. The van der Waals surface area contributed by atoms with Gasteiger partial charge in [0.25, 0.3) is 0 Å². The molecule has 2 aromatic carbocycles. The minimum absolute atomic E-state index is 0.118. The highest BCUT2D eigenvalue weighted by Gasteiger charge is 2.19. The maximum Gasteiger partial charge on any atom is 0.333 e. The van der Waals surface area contributed by atoms with E-state index >= 15 is 0 Å². The molecular weight excluding hydrogens is 512 g/mol. The SMILES string of the molecule is C=C(C)C(=O)OCC(CCc1ccc(-c2ccc(CCCCC)cc2)c(CC)c1)COC(=O)C(=C)CCC(C)(C)O. The Bertz CT molecular complexity index is 1150. The number of hydrogen-bond acceptors (Lipinski definition) is 5. The molecule has 0 fully saturated rings. The standard InChI is InChI=1S/C36H50O5/c1-8-10-11-12-28-15-18-32(19-16-28)33-20-17-29(23-31(33)9-2)13-14-30(24-40-34(37)26(3)4)25-41-35(38)27(5)21-22-36(6,7)39/h15-20,23,30,39H,3,5,8-14,21-22,24-25H2,1-2,4,6-7H3. The van der Waals surface area contributed by atoms with Gasteiger partial charge in [-0.25, -0.2) is 9.59 Å². The summed E-state index contributed by atoms with van der Waals surface area (Å²) >= 11 is 0. The highest BCUT2D eigenvalue weighted by molar-refractivity contribution is 5.87. The molecule has 224 valence electrons. The van der Waals surface area contributed by atoms with Crippen molar-refractivity contribution in [3.63, 3.8) is 0 Å². The summed E-state index contributed by atoms with van der Waals surface area (Å²) < 4.78 is 11.0. The number of aliphatic hydroxyl groups is 1. The average molecular weight is 563 g/mol. The Balaban J connectivity index is 2.06. The van der Waals surface area contributed by atoms with E-state index in [0.29, 0.717) is 30.4 Å². The molecule has 0 aliphatic rings. The van der Waals surface area contributed by atoms with Crippen LogP contribution in [0.1, 0.15) is 89.8 Å². The van der Waals surface area contributed by atoms with E-state index in [1.807, 2.05) is 0 Å². The van der Waals surface area contributed by atoms with Crippen molar-refractivity contribution in [2.24, 2.45) is 5.92 Å². The largest absolute Gasteiger partial charge is 0.462 e. The molecule has 0 radical (unpaired) electrons. The summed E-state index contributed by atoms with van der Waals surface area (Å²) in [4.78, 5) is 24.5. The number of benzene rings is 2. The lowest BCUT2D eigenvalue weighted by Crippen LogP contribution is -2.23.